The van der Waals surface area contributed by atoms with Crippen LogP contribution in [-0.2, 0) is 0 Å². The molecule has 3 nitrogen and oxygen atoms in total. The molecule has 0 heterocycles. The number of ketones is 1. The van der Waals surface area contributed by atoms with Gasteiger partial charge in [-0.15, -0.1) is 0 Å². The van der Waals surface area contributed by atoms with Gasteiger partial charge >= 0.3 is 0 Å². The molecule has 1 N–H and O–H groups in total. The average molecular weight is 251 g/mol. The van der Waals surface area contributed by atoms with E-state index in [4.69, 9.17) is 4.74 Å². The van der Waals surface area contributed by atoms with Gasteiger partial charge in [-0.2, -0.15) is 0 Å². The van der Waals surface area contributed by atoms with Crippen LogP contribution in [0.15, 0.2) is 18.2 Å². The van der Waals surface area contributed by atoms with Crippen molar-refractivity contribution in [2.45, 2.75) is 19.3 Å². The van der Waals surface area contributed by atoms with Crippen LogP contribution < -0.4 is 10.1 Å². The Hall–Kier alpha value is -1.42. The molecule has 1 aliphatic carbocycles. The van der Waals surface area contributed by atoms with Gasteiger partial charge in [0.2, 0.25) is 0 Å². The highest BCUT2D eigenvalue weighted by Gasteiger charge is 2.18. The summed E-state index contributed by atoms with van der Waals surface area (Å²) in [6.45, 7) is 0.814. The summed E-state index contributed by atoms with van der Waals surface area (Å²) in [5, 5.41) is 2.76. The standard InChI is InChI=1S/C14H18FNO2/c1-16-8-14(17)11-5-12(15)7-13(6-11)18-9-10-3-2-4-10/h5-7,10,16H,2-4,8-9H2,1H3. The van der Waals surface area contributed by atoms with Crippen LogP contribution in [0.4, 0.5) is 4.39 Å². The summed E-state index contributed by atoms with van der Waals surface area (Å²) in [7, 11) is 1.69. The zero-order chi connectivity index (χ0) is 13.0. The fraction of sp³-hybridized carbons (Fsp3) is 0.500. The zero-order valence-electron chi connectivity index (χ0n) is 10.5. The van der Waals surface area contributed by atoms with Crippen molar-refractivity contribution in [2.24, 2.45) is 5.92 Å². The number of carbonyl (C=O) groups excluding carboxylic acids is 1. The molecular formula is C14H18FNO2. The predicted molar refractivity (Wildman–Crippen MR) is 67.5 cm³/mol. The van der Waals surface area contributed by atoms with Crippen molar-refractivity contribution >= 4 is 5.78 Å². The van der Waals surface area contributed by atoms with E-state index in [1.165, 1.54) is 31.4 Å². The Balaban J connectivity index is 2.02. The van der Waals surface area contributed by atoms with Gasteiger partial charge in [0.1, 0.15) is 11.6 Å². The van der Waals surface area contributed by atoms with Gasteiger partial charge in [0, 0.05) is 11.6 Å². The Kier molecular flexibility index (Phi) is 4.31. The first kappa shape index (κ1) is 13.0. The lowest BCUT2D eigenvalue weighted by atomic mass is 9.86. The van der Waals surface area contributed by atoms with E-state index in [-0.39, 0.29) is 12.3 Å². The van der Waals surface area contributed by atoms with Gasteiger partial charge in [-0.1, -0.05) is 6.42 Å². The molecule has 1 aromatic rings. The van der Waals surface area contributed by atoms with Crippen LogP contribution in [0.3, 0.4) is 0 Å². The van der Waals surface area contributed by atoms with Crippen LogP contribution >= 0.6 is 0 Å². The van der Waals surface area contributed by atoms with E-state index in [9.17, 15) is 9.18 Å². The molecule has 0 unspecified atom stereocenters. The summed E-state index contributed by atoms with van der Waals surface area (Å²) >= 11 is 0. The largest absolute Gasteiger partial charge is 0.493 e. The number of hydrogen-bond acceptors (Lipinski definition) is 3. The lowest BCUT2D eigenvalue weighted by Crippen LogP contribution is -2.20. The second-order valence-electron chi connectivity index (χ2n) is 4.74. The van der Waals surface area contributed by atoms with Crippen molar-refractivity contribution in [3.05, 3.63) is 29.6 Å². The third kappa shape index (κ3) is 3.29. The third-order valence-electron chi connectivity index (χ3n) is 3.24. The first-order chi connectivity index (χ1) is 8.69. The molecule has 0 aliphatic heterocycles. The SMILES string of the molecule is CNCC(=O)c1cc(F)cc(OCC2CCC2)c1. The van der Waals surface area contributed by atoms with Crippen molar-refractivity contribution in [1.29, 1.82) is 0 Å². The van der Waals surface area contributed by atoms with Crippen molar-refractivity contribution < 1.29 is 13.9 Å². The molecule has 0 amide bonds. The molecule has 0 bridgehead atoms. The Bertz CT molecular complexity index is 430. The average Bonchev–Trinajstić information content (AvgIpc) is 2.26. The monoisotopic (exact) mass is 251 g/mol. The molecule has 1 saturated carbocycles. The minimum atomic E-state index is -0.430. The molecule has 4 heteroatoms. The van der Waals surface area contributed by atoms with Crippen LogP contribution in [0, 0.1) is 11.7 Å². The summed E-state index contributed by atoms with van der Waals surface area (Å²) in [6.07, 6.45) is 3.62. The molecule has 1 aromatic carbocycles. The molecule has 1 fully saturated rings. The fourth-order valence-electron chi connectivity index (χ4n) is 1.94. The summed E-state index contributed by atoms with van der Waals surface area (Å²) in [4.78, 5) is 11.7. The lowest BCUT2D eigenvalue weighted by Gasteiger charge is -2.25. The van der Waals surface area contributed by atoms with Crippen LogP contribution in [0.1, 0.15) is 29.6 Å². The topological polar surface area (TPSA) is 38.3 Å². The van der Waals surface area contributed by atoms with Crippen LogP contribution in [0.5, 0.6) is 5.75 Å². The Morgan fingerprint density at radius 2 is 2.22 bits per heavy atom. The summed E-state index contributed by atoms with van der Waals surface area (Å²) in [5.41, 5.74) is 0.355. The number of rotatable bonds is 6. The van der Waals surface area contributed by atoms with Crippen molar-refractivity contribution in [2.75, 3.05) is 20.2 Å². The van der Waals surface area contributed by atoms with Gasteiger partial charge in [-0.25, -0.2) is 4.39 Å². The van der Waals surface area contributed by atoms with Crippen LogP contribution in [-0.4, -0.2) is 26.0 Å². The van der Waals surface area contributed by atoms with E-state index in [0.717, 1.165) is 0 Å². The molecule has 18 heavy (non-hydrogen) atoms. The quantitative estimate of drug-likeness (QED) is 0.789. The zero-order valence-corrected chi connectivity index (χ0v) is 10.5. The molecule has 98 valence electrons. The van der Waals surface area contributed by atoms with Gasteiger partial charge in [0.15, 0.2) is 5.78 Å². The van der Waals surface area contributed by atoms with Gasteiger partial charge in [0.25, 0.3) is 0 Å². The van der Waals surface area contributed by atoms with Crippen molar-refractivity contribution in [3.8, 4) is 5.75 Å². The number of nitrogens with one attached hydrogen (secondary N) is 1. The summed E-state index contributed by atoms with van der Waals surface area (Å²) < 4.78 is 18.9. The van der Waals surface area contributed by atoms with Gasteiger partial charge in [-0.05, 0) is 37.9 Å². The molecule has 2 rings (SSSR count). The first-order valence-electron chi connectivity index (χ1n) is 6.30. The maximum absolute atomic E-state index is 13.4. The number of halogens is 1. The van der Waals surface area contributed by atoms with E-state index in [2.05, 4.69) is 5.32 Å². The number of likely N-dealkylation sites (N-methyl/N-ethyl adjacent to an activating group) is 1. The minimum Gasteiger partial charge on any atom is -0.493 e. The highest BCUT2D eigenvalue weighted by atomic mass is 19.1. The predicted octanol–water partition coefficient (Wildman–Crippen LogP) is 2.41. The van der Waals surface area contributed by atoms with Crippen LogP contribution in [0.25, 0.3) is 0 Å². The summed E-state index contributed by atoms with van der Waals surface area (Å²) in [5.74, 6) is 0.470. The Morgan fingerprint density at radius 1 is 1.44 bits per heavy atom. The van der Waals surface area contributed by atoms with Crippen molar-refractivity contribution in [3.63, 3.8) is 0 Å². The fourth-order valence-corrected chi connectivity index (χ4v) is 1.94. The lowest BCUT2D eigenvalue weighted by molar-refractivity contribution is 0.0992. The summed E-state index contributed by atoms with van der Waals surface area (Å²) in [6, 6.07) is 4.19. The van der Waals surface area contributed by atoms with Crippen LogP contribution in [0.2, 0.25) is 0 Å². The second kappa shape index (κ2) is 5.96. The molecule has 0 saturated heterocycles. The molecule has 0 spiro atoms. The molecule has 1 aliphatic rings. The molecule has 0 atom stereocenters. The Morgan fingerprint density at radius 3 is 2.83 bits per heavy atom. The number of ether oxygens (including phenoxy) is 1. The van der Waals surface area contributed by atoms with Gasteiger partial charge < -0.3 is 10.1 Å². The maximum atomic E-state index is 13.4. The number of benzene rings is 1. The highest BCUT2D eigenvalue weighted by molar-refractivity contribution is 5.97. The third-order valence-corrected chi connectivity index (χ3v) is 3.24. The molecular weight excluding hydrogens is 233 g/mol. The second-order valence-corrected chi connectivity index (χ2v) is 4.74. The van der Waals surface area contributed by atoms with E-state index < -0.39 is 5.82 Å². The van der Waals surface area contributed by atoms with E-state index in [0.29, 0.717) is 23.8 Å². The number of carbonyl (C=O) groups is 1. The maximum Gasteiger partial charge on any atom is 0.176 e. The normalized spacial score (nSPS) is 15.2. The van der Waals surface area contributed by atoms with Gasteiger partial charge in [0.05, 0.1) is 13.2 Å². The Labute approximate surface area is 106 Å². The van der Waals surface area contributed by atoms with Gasteiger partial charge in [-0.3, -0.25) is 4.79 Å². The highest BCUT2D eigenvalue weighted by Crippen LogP contribution is 2.27. The molecule has 0 radical (unpaired) electrons. The van der Waals surface area contributed by atoms with E-state index >= 15 is 0 Å². The number of Topliss-reactive ketones (excluding diaryl/α,β-unsaturated/α-hetero) is 1. The van der Waals surface area contributed by atoms with E-state index in [1.54, 1.807) is 13.1 Å². The molecule has 0 aromatic heterocycles. The van der Waals surface area contributed by atoms with E-state index in [1.807, 2.05) is 0 Å². The van der Waals surface area contributed by atoms with Crippen molar-refractivity contribution in [1.82, 2.24) is 5.32 Å². The minimum absolute atomic E-state index is 0.134. The first-order valence-corrected chi connectivity index (χ1v) is 6.30. The smallest absolute Gasteiger partial charge is 0.176 e. The number of hydrogen-bond donors (Lipinski definition) is 1.